The van der Waals surface area contributed by atoms with Gasteiger partial charge in [0.15, 0.2) is 5.65 Å². The Bertz CT molecular complexity index is 1450. The maximum absolute atomic E-state index is 5.01. The van der Waals surface area contributed by atoms with Crippen LogP contribution in [-0.4, -0.2) is 36.1 Å². The number of hydrogen-bond donors (Lipinski definition) is 2. The Hall–Kier alpha value is -3.84. The minimum atomic E-state index is 0.812. The van der Waals surface area contributed by atoms with E-state index in [-0.39, 0.29) is 0 Å². The van der Waals surface area contributed by atoms with E-state index in [1.807, 2.05) is 43.5 Å². The Morgan fingerprint density at radius 3 is 2.91 bits per heavy atom. The Labute approximate surface area is 192 Å². The molecule has 1 aromatic carbocycles. The van der Waals surface area contributed by atoms with Crippen LogP contribution in [0, 0.1) is 6.92 Å². The van der Waals surface area contributed by atoms with Crippen LogP contribution in [0.4, 0.5) is 0 Å². The highest BCUT2D eigenvalue weighted by atomic mass is 15.3. The van der Waals surface area contributed by atoms with Gasteiger partial charge in [0.05, 0.1) is 17.1 Å². The molecule has 33 heavy (non-hydrogen) atoms. The molecule has 2 N–H and O–H groups in total. The molecule has 1 aliphatic heterocycles. The van der Waals surface area contributed by atoms with Crippen molar-refractivity contribution in [1.82, 2.24) is 34.9 Å². The maximum atomic E-state index is 5.01. The van der Waals surface area contributed by atoms with Gasteiger partial charge in [0.2, 0.25) is 0 Å². The second-order valence-corrected chi connectivity index (χ2v) is 8.58. The Balaban J connectivity index is 1.34. The van der Waals surface area contributed by atoms with Gasteiger partial charge < -0.3 is 10.3 Å². The summed E-state index contributed by atoms with van der Waals surface area (Å²) in [5.74, 6) is 0.956. The van der Waals surface area contributed by atoms with Crippen LogP contribution in [0.25, 0.3) is 28.3 Å². The number of aryl methyl sites for hydroxylation is 3. The third-order valence-corrected chi connectivity index (χ3v) is 6.25. The van der Waals surface area contributed by atoms with Crippen LogP contribution in [0.5, 0.6) is 0 Å². The summed E-state index contributed by atoms with van der Waals surface area (Å²) in [5.41, 5.74) is 9.71. The summed E-state index contributed by atoms with van der Waals surface area (Å²) in [4.78, 5) is 17.6. The van der Waals surface area contributed by atoms with Gasteiger partial charge in [-0.1, -0.05) is 24.3 Å². The molecule has 7 heteroatoms. The highest BCUT2D eigenvalue weighted by molar-refractivity contribution is 5.77. The summed E-state index contributed by atoms with van der Waals surface area (Å²) in [7, 11) is 0. The molecular weight excluding hydrogens is 410 g/mol. The largest absolute Gasteiger partial charge is 0.340 e. The van der Waals surface area contributed by atoms with Gasteiger partial charge in [-0.2, -0.15) is 5.10 Å². The summed E-state index contributed by atoms with van der Waals surface area (Å²) in [6.45, 7) is 4.03. The van der Waals surface area contributed by atoms with E-state index >= 15 is 0 Å². The number of pyridine rings is 2. The van der Waals surface area contributed by atoms with E-state index in [1.54, 1.807) is 10.8 Å². The third kappa shape index (κ3) is 3.91. The molecule has 0 unspecified atom stereocenters. The van der Waals surface area contributed by atoms with E-state index in [1.165, 1.54) is 16.7 Å². The van der Waals surface area contributed by atoms with E-state index in [2.05, 4.69) is 38.6 Å². The van der Waals surface area contributed by atoms with E-state index < -0.39 is 0 Å². The van der Waals surface area contributed by atoms with E-state index in [0.29, 0.717) is 0 Å². The number of nitrogens with one attached hydrogen (secondary N) is 2. The maximum Gasteiger partial charge on any atom is 0.155 e. The van der Waals surface area contributed by atoms with Crippen molar-refractivity contribution in [2.24, 2.45) is 0 Å². The van der Waals surface area contributed by atoms with E-state index in [0.717, 1.165) is 72.2 Å². The van der Waals surface area contributed by atoms with Crippen molar-refractivity contribution in [1.29, 1.82) is 0 Å². The number of nitrogens with zero attached hydrogens (tertiary/aromatic N) is 5. The SMILES string of the molecule is Cc1cccc(-c2[nH]c(CCc3ccc4c(c3)CNCC4)nc2-c2ccc3ncnn3c2)n1. The smallest absolute Gasteiger partial charge is 0.155 e. The fraction of sp³-hybridized carbons (Fsp3) is 0.231. The summed E-state index contributed by atoms with van der Waals surface area (Å²) in [5, 5.41) is 7.75. The van der Waals surface area contributed by atoms with Crippen LogP contribution in [0.15, 0.2) is 61.1 Å². The van der Waals surface area contributed by atoms with Gasteiger partial charge in [-0.3, -0.25) is 4.98 Å². The van der Waals surface area contributed by atoms with Crippen molar-refractivity contribution in [3.8, 4) is 22.6 Å². The molecule has 7 nitrogen and oxygen atoms in total. The first-order valence-electron chi connectivity index (χ1n) is 11.4. The number of fused-ring (bicyclic) bond motifs is 2. The molecule has 4 aromatic heterocycles. The topological polar surface area (TPSA) is 83.8 Å². The van der Waals surface area contributed by atoms with Gasteiger partial charge in [-0.05, 0) is 67.3 Å². The molecule has 0 fully saturated rings. The average Bonchev–Trinajstić information content (AvgIpc) is 3.49. The molecule has 0 saturated carbocycles. The lowest BCUT2D eigenvalue weighted by Crippen LogP contribution is -2.23. The van der Waals surface area contributed by atoms with Gasteiger partial charge in [-0.25, -0.2) is 14.5 Å². The van der Waals surface area contributed by atoms with Crippen LogP contribution in [0.3, 0.4) is 0 Å². The molecule has 0 radical (unpaired) electrons. The molecule has 5 heterocycles. The van der Waals surface area contributed by atoms with E-state index in [4.69, 9.17) is 9.97 Å². The molecular formula is C26H25N7. The first-order chi connectivity index (χ1) is 16.2. The van der Waals surface area contributed by atoms with Crippen molar-refractivity contribution >= 4 is 5.65 Å². The fourth-order valence-corrected chi connectivity index (χ4v) is 4.53. The quantitative estimate of drug-likeness (QED) is 0.437. The van der Waals surface area contributed by atoms with Crippen molar-refractivity contribution in [3.63, 3.8) is 0 Å². The van der Waals surface area contributed by atoms with Crippen LogP contribution in [0.1, 0.15) is 28.2 Å². The van der Waals surface area contributed by atoms with Crippen LogP contribution in [-0.2, 0) is 25.8 Å². The molecule has 0 saturated heterocycles. The monoisotopic (exact) mass is 435 g/mol. The molecule has 5 aromatic rings. The fourth-order valence-electron chi connectivity index (χ4n) is 4.53. The zero-order chi connectivity index (χ0) is 22.2. The first-order valence-corrected chi connectivity index (χ1v) is 11.4. The zero-order valence-corrected chi connectivity index (χ0v) is 18.5. The van der Waals surface area contributed by atoms with Gasteiger partial charge >= 0.3 is 0 Å². The van der Waals surface area contributed by atoms with Crippen molar-refractivity contribution in [2.75, 3.05) is 6.54 Å². The Morgan fingerprint density at radius 2 is 1.97 bits per heavy atom. The minimum Gasteiger partial charge on any atom is -0.340 e. The van der Waals surface area contributed by atoms with Gasteiger partial charge in [0.1, 0.15) is 12.2 Å². The zero-order valence-electron chi connectivity index (χ0n) is 18.5. The summed E-state index contributed by atoms with van der Waals surface area (Å²) in [6.07, 6.45) is 6.41. The minimum absolute atomic E-state index is 0.812. The molecule has 1 aliphatic rings. The van der Waals surface area contributed by atoms with Gasteiger partial charge in [0.25, 0.3) is 0 Å². The van der Waals surface area contributed by atoms with Crippen LogP contribution in [0.2, 0.25) is 0 Å². The van der Waals surface area contributed by atoms with Crippen LogP contribution < -0.4 is 5.32 Å². The predicted octanol–water partition coefficient (Wildman–Crippen LogP) is 3.92. The van der Waals surface area contributed by atoms with Gasteiger partial charge in [-0.15, -0.1) is 0 Å². The molecule has 0 amide bonds. The molecule has 164 valence electrons. The molecule has 6 rings (SSSR count). The summed E-state index contributed by atoms with van der Waals surface area (Å²) in [6, 6.07) is 17.0. The lowest BCUT2D eigenvalue weighted by atomic mass is 9.97. The Morgan fingerprint density at radius 1 is 1.00 bits per heavy atom. The molecule has 0 aliphatic carbocycles. The van der Waals surface area contributed by atoms with Crippen LogP contribution >= 0.6 is 0 Å². The molecule has 0 bridgehead atoms. The number of aromatic amines is 1. The number of hydrogen-bond acceptors (Lipinski definition) is 5. The standard InChI is InChI=1S/C26H25N7/c1-17-3-2-4-22(30-17)26-25(20-8-10-24-28-16-29-33(24)15-20)31-23(32-26)9-6-18-5-7-19-11-12-27-14-21(19)13-18/h2-5,7-8,10,13,15-16,27H,6,9,11-12,14H2,1H3,(H,31,32). The number of benzene rings is 1. The first kappa shape index (κ1) is 19.8. The van der Waals surface area contributed by atoms with E-state index in [9.17, 15) is 0 Å². The summed E-state index contributed by atoms with van der Waals surface area (Å²) >= 11 is 0. The normalized spacial score (nSPS) is 13.4. The number of imidazole rings is 1. The predicted molar refractivity (Wildman–Crippen MR) is 128 cm³/mol. The second kappa shape index (κ2) is 8.26. The molecule has 0 spiro atoms. The summed E-state index contributed by atoms with van der Waals surface area (Å²) < 4.78 is 1.78. The highest BCUT2D eigenvalue weighted by Gasteiger charge is 2.17. The lowest BCUT2D eigenvalue weighted by Gasteiger charge is -2.17. The van der Waals surface area contributed by atoms with Crippen molar-refractivity contribution in [3.05, 3.63) is 89.3 Å². The highest BCUT2D eigenvalue weighted by Crippen LogP contribution is 2.30. The lowest BCUT2D eigenvalue weighted by molar-refractivity contribution is 0.642. The van der Waals surface area contributed by atoms with Gasteiger partial charge in [0, 0.05) is 30.4 Å². The number of H-pyrrole nitrogens is 1. The number of aromatic nitrogens is 6. The van der Waals surface area contributed by atoms with Crippen molar-refractivity contribution < 1.29 is 0 Å². The second-order valence-electron chi connectivity index (χ2n) is 8.58. The average molecular weight is 436 g/mol. The number of rotatable bonds is 5. The molecule has 0 atom stereocenters. The third-order valence-electron chi connectivity index (χ3n) is 6.25. The Kier molecular flexibility index (Phi) is 4.96. The van der Waals surface area contributed by atoms with Crippen molar-refractivity contribution in [2.45, 2.75) is 32.7 Å².